The van der Waals surface area contributed by atoms with E-state index in [-0.39, 0.29) is 18.6 Å². The molecule has 1 amide bonds. The molecule has 4 aromatic rings. The second-order valence-electron chi connectivity index (χ2n) is 6.93. The second kappa shape index (κ2) is 8.10. The number of carbonyl (C=O) groups excluding carboxylic acids is 1. The number of anilines is 1. The zero-order chi connectivity index (χ0) is 20.2. The summed E-state index contributed by atoms with van der Waals surface area (Å²) in [7, 11) is 0. The van der Waals surface area contributed by atoms with Crippen LogP contribution in [0.2, 0.25) is 0 Å². The lowest BCUT2D eigenvalue weighted by molar-refractivity contribution is 0.102. The van der Waals surface area contributed by atoms with Crippen molar-refractivity contribution in [3.8, 4) is 5.75 Å². The summed E-state index contributed by atoms with van der Waals surface area (Å²) in [5.74, 6) is 1.12. The number of tetrazole rings is 1. The predicted molar refractivity (Wildman–Crippen MR) is 111 cm³/mol. The van der Waals surface area contributed by atoms with Crippen molar-refractivity contribution in [3.63, 3.8) is 0 Å². The minimum Gasteiger partial charge on any atom is -0.486 e. The van der Waals surface area contributed by atoms with Crippen LogP contribution in [-0.2, 0) is 6.61 Å². The fourth-order valence-corrected chi connectivity index (χ4v) is 3.09. The lowest BCUT2D eigenvalue weighted by atomic mass is 10.1. The van der Waals surface area contributed by atoms with Gasteiger partial charge in [0.2, 0.25) is 0 Å². The van der Waals surface area contributed by atoms with E-state index < -0.39 is 0 Å². The molecule has 7 nitrogen and oxygen atoms in total. The first-order valence-corrected chi connectivity index (χ1v) is 9.40. The van der Waals surface area contributed by atoms with Gasteiger partial charge in [-0.05, 0) is 60.0 Å². The third-order valence-corrected chi connectivity index (χ3v) is 4.57. The summed E-state index contributed by atoms with van der Waals surface area (Å²) in [4.78, 5) is 12.7. The Labute approximate surface area is 168 Å². The number of amides is 1. The molecule has 1 N–H and O–H groups in total. The van der Waals surface area contributed by atoms with Gasteiger partial charge in [-0.2, -0.15) is 0 Å². The molecule has 3 aromatic carbocycles. The van der Waals surface area contributed by atoms with Crippen LogP contribution in [0.3, 0.4) is 0 Å². The molecule has 1 heterocycles. The average molecular weight is 387 g/mol. The van der Waals surface area contributed by atoms with Crippen molar-refractivity contribution in [1.29, 1.82) is 0 Å². The van der Waals surface area contributed by atoms with Crippen molar-refractivity contribution in [1.82, 2.24) is 20.2 Å². The summed E-state index contributed by atoms with van der Waals surface area (Å²) in [6.07, 6.45) is 0. The maximum absolute atomic E-state index is 12.7. The topological polar surface area (TPSA) is 81.9 Å². The number of benzene rings is 3. The van der Waals surface area contributed by atoms with Gasteiger partial charge in [0, 0.05) is 16.6 Å². The Morgan fingerprint density at radius 2 is 1.79 bits per heavy atom. The third-order valence-electron chi connectivity index (χ3n) is 4.57. The smallest absolute Gasteiger partial charge is 0.255 e. The van der Waals surface area contributed by atoms with Crippen LogP contribution in [0.25, 0.3) is 10.8 Å². The molecule has 0 aliphatic heterocycles. The molecule has 0 spiro atoms. The zero-order valence-corrected chi connectivity index (χ0v) is 16.2. The zero-order valence-electron chi connectivity index (χ0n) is 16.2. The first-order valence-electron chi connectivity index (χ1n) is 9.40. The van der Waals surface area contributed by atoms with Gasteiger partial charge in [0.05, 0.1) is 6.04 Å². The van der Waals surface area contributed by atoms with Crippen LogP contribution in [-0.4, -0.2) is 26.1 Å². The van der Waals surface area contributed by atoms with Crippen molar-refractivity contribution in [3.05, 3.63) is 78.1 Å². The van der Waals surface area contributed by atoms with Crippen LogP contribution in [0, 0.1) is 0 Å². The minimum absolute atomic E-state index is 0.156. The summed E-state index contributed by atoms with van der Waals surface area (Å²) in [6, 6.07) is 21.0. The van der Waals surface area contributed by atoms with Crippen LogP contribution in [0.4, 0.5) is 5.69 Å². The van der Waals surface area contributed by atoms with Crippen molar-refractivity contribution in [2.75, 3.05) is 5.32 Å². The van der Waals surface area contributed by atoms with Gasteiger partial charge in [-0.1, -0.05) is 36.4 Å². The normalized spacial score (nSPS) is 11.0. The van der Waals surface area contributed by atoms with Crippen LogP contribution >= 0.6 is 0 Å². The van der Waals surface area contributed by atoms with E-state index in [2.05, 4.69) is 20.8 Å². The quantitative estimate of drug-likeness (QED) is 0.535. The number of carbonyl (C=O) groups is 1. The Morgan fingerprint density at radius 3 is 2.59 bits per heavy atom. The van der Waals surface area contributed by atoms with E-state index >= 15 is 0 Å². The second-order valence-corrected chi connectivity index (χ2v) is 6.93. The fourth-order valence-electron chi connectivity index (χ4n) is 3.09. The van der Waals surface area contributed by atoms with E-state index in [1.165, 1.54) is 0 Å². The highest BCUT2D eigenvalue weighted by Gasteiger charge is 2.11. The number of nitrogens with zero attached hydrogens (tertiary/aromatic N) is 4. The lowest BCUT2D eigenvalue weighted by Gasteiger charge is -2.10. The Morgan fingerprint density at radius 1 is 1.03 bits per heavy atom. The van der Waals surface area contributed by atoms with Gasteiger partial charge in [0.1, 0.15) is 12.4 Å². The highest BCUT2D eigenvalue weighted by atomic mass is 16.5. The van der Waals surface area contributed by atoms with Gasteiger partial charge in [0.15, 0.2) is 5.82 Å². The first kappa shape index (κ1) is 18.6. The van der Waals surface area contributed by atoms with Crippen molar-refractivity contribution in [2.24, 2.45) is 0 Å². The summed E-state index contributed by atoms with van der Waals surface area (Å²) < 4.78 is 7.47. The van der Waals surface area contributed by atoms with Gasteiger partial charge in [-0.15, -0.1) is 5.10 Å². The SMILES string of the molecule is CC(C)n1nnnc1COc1ccc(C(=O)Nc2cccc3ccccc23)cc1. The van der Waals surface area contributed by atoms with Crippen LogP contribution in [0.5, 0.6) is 5.75 Å². The van der Waals surface area contributed by atoms with Gasteiger partial charge < -0.3 is 10.1 Å². The van der Waals surface area contributed by atoms with E-state index in [1.54, 1.807) is 28.9 Å². The summed E-state index contributed by atoms with van der Waals surface area (Å²) in [5.41, 5.74) is 1.34. The van der Waals surface area contributed by atoms with E-state index in [0.717, 1.165) is 16.5 Å². The highest BCUT2D eigenvalue weighted by molar-refractivity contribution is 6.09. The Kier molecular flexibility index (Phi) is 5.20. The van der Waals surface area contributed by atoms with Crippen LogP contribution in [0.1, 0.15) is 36.1 Å². The van der Waals surface area contributed by atoms with Gasteiger partial charge in [0.25, 0.3) is 5.91 Å². The Balaban J connectivity index is 1.43. The van der Waals surface area contributed by atoms with E-state index in [9.17, 15) is 4.79 Å². The van der Waals surface area contributed by atoms with Crippen LogP contribution < -0.4 is 10.1 Å². The molecule has 0 unspecified atom stereocenters. The first-order chi connectivity index (χ1) is 14.1. The predicted octanol–water partition coefficient (Wildman–Crippen LogP) is 4.24. The average Bonchev–Trinajstić information content (AvgIpc) is 3.22. The molecular formula is C22H21N5O2. The van der Waals surface area contributed by atoms with Crippen LogP contribution in [0.15, 0.2) is 66.7 Å². The summed E-state index contributed by atoms with van der Waals surface area (Å²) in [6.45, 7) is 4.26. The molecule has 146 valence electrons. The van der Waals surface area contributed by atoms with Crippen molar-refractivity contribution >= 4 is 22.4 Å². The molecule has 0 saturated heterocycles. The molecule has 4 rings (SSSR count). The van der Waals surface area contributed by atoms with Crippen molar-refractivity contribution in [2.45, 2.75) is 26.5 Å². The molecule has 0 aliphatic carbocycles. The highest BCUT2D eigenvalue weighted by Crippen LogP contribution is 2.24. The Bertz CT molecular complexity index is 1130. The maximum atomic E-state index is 12.7. The molecular weight excluding hydrogens is 366 g/mol. The number of aromatic nitrogens is 4. The Hall–Kier alpha value is -3.74. The number of hydrogen-bond donors (Lipinski definition) is 1. The molecule has 0 radical (unpaired) electrons. The number of nitrogens with one attached hydrogen (secondary N) is 1. The van der Waals surface area contributed by atoms with E-state index in [1.807, 2.05) is 56.3 Å². The molecule has 0 fully saturated rings. The molecule has 0 saturated carbocycles. The molecule has 7 heteroatoms. The molecule has 0 bridgehead atoms. The minimum atomic E-state index is -0.170. The summed E-state index contributed by atoms with van der Waals surface area (Å²) in [5, 5.41) is 16.7. The van der Waals surface area contributed by atoms with Crippen molar-refractivity contribution < 1.29 is 9.53 Å². The van der Waals surface area contributed by atoms with Gasteiger partial charge >= 0.3 is 0 Å². The lowest BCUT2D eigenvalue weighted by Crippen LogP contribution is -2.12. The van der Waals surface area contributed by atoms with Gasteiger partial charge in [-0.3, -0.25) is 4.79 Å². The van der Waals surface area contributed by atoms with Gasteiger partial charge in [-0.25, -0.2) is 4.68 Å². The standard InChI is InChI=1S/C22H21N5O2/c1-15(2)27-21(24-25-26-27)14-29-18-12-10-17(11-13-18)22(28)23-20-9-5-7-16-6-3-4-8-19(16)20/h3-13,15H,14H2,1-2H3,(H,23,28). The number of ether oxygens (including phenoxy) is 1. The molecule has 1 aromatic heterocycles. The molecule has 29 heavy (non-hydrogen) atoms. The maximum Gasteiger partial charge on any atom is 0.255 e. The van der Waals surface area contributed by atoms with E-state index in [4.69, 9.17) is 4.74 Å². The largest absolute Gasteiger partial charge is 0.486 e. The fraction of sp³-hybridized carbons (Fsp3) is 0.182. The summed E-state index contributed by atoms with van der Waals surface area (Å²) >= 11 is 0. The monoisotopic (exact) mass is 387 g/mol. The number of fused-ring (bicyclic) bond motifs is 1. The molecule has 0 aliphatic rings. The number of rotatable bonds is 6. The van der Waals surface area contributed by atoms with E-state index in [0.29, 0.717) is 17.1 Å². The third kappa shape index (κ3) is 4.08. The number of hydrogen-bond acceptors (Lipinski definition) is 5. The molecule has 0 atom stereocenters.